The molecule has 2 rings (SSSR count). The first-order chi connectivity index (χ1) is 8.06. The van der Waals surface area contributed by atoms with Crippen LogP contribution in [0.4, 0.5) is 26.0 Å². The van der Waals surface area contributed by atoms with E-state index in [4.69, 9.17) is 5.73 Å². The van der Waals surface area contributed by atoms with Crippen LogP contribution in [-0.4, -0.2) is 4.98 Å². The third kappa shape index (κ3) is 2.71. The van der Waals surface area contributed by atoms with Gasteiger partial charge in [-0.25, -0.2) is 13.8 Å². The number of pyridine rings is 1. The van der Waals surface area contributed by atoms with Gasteiger partial charge in [-0.2, -0.15) is 0 Å². The number of hydrogen-bond donors (Lipinski definition) is 2. The molecule has 0 unspecified atom stereocenters. The zero-order valence-electron chi connectivity index (χ0n) is 8.55. The van der Waals surface area contributed by atoms with E-state index in [1.807, 2.05) is 0 Å². The number of hydrogen-bond acceptors (Lipinski definition) is 3. The number of nitrogen functional groups attached to an aromatic ring is 1. The third-order valence-corrected chi connectivity index (χ3v) is 2.50. The van der Waals surface area contributed by atoms with Gasteiger partial charge in [0, 0.05) is 22.4 Å². The fourth-order valence-electron chi connectivity index (χ4n) is 1.30. The van der Waals surface area contributed by atoms with Crippen LogP contribution in [0.2, 0.25) is 0 Å². The summed E-state index contributed by atoms with van der Waals surface area (Å²) < 4.78 is 27.3. The molecule has 0 amide bonds. The Morgan fingerprint density at radius 2 is 1.82 bits per heavy atom. The lowest BCUT2D eigenvalue weighted by atomic mass is 10.3. The van der Waals surface area contributed by atoms with E-state index in [2.05, 4.69) is 26.2 Å². The van der Waals surface area contributed by atoms with Crippen molar-refractivity contribution in [2.75, 3.05) is 11.1 Å². The quantitative estimate of drug-likeness (QED) is 0.893. The highest BCUT2D eigenvalue weighted by Gasteiger charge is 2.11. The number of rotatable bonds is 2. The van der Waals surface area contributed by atoms with Crippen molar-refractivity contribution >= 4 is 33.1 Å². The van der Waals surface area contributed by atoms with E-state index < -0.39 is 11.6 Å². The van der Waals surface area contributed by atoms with Crippen LogP contribution in [0.1, 0.15) is 0 Å². The van der Waals surface area contributed by atoms with Crippen LogP contribution in [0.15, 0.2) is 34.9 Å². The van der Waals surface area contributed by atoms with Crippen molar-refractivity contribution in [1.29, 1.82) is 0 Å². The number of nitrogens with zero attached hydrogens (tertiary/aromatic N) is 1. The second-order valence-electron chi connectivity index (χ2n) is 3.34. The molecule has 2 aromatic rings. The molecule has 0 aliphatic carbocycles. The predicted octanol–water partition coefficient (Wildman–Crippen LogP) is 3.45. The van der Waals surface area contributed by atoms with Gasteiger partial charge in [0.2, 0.25) is 0 Å². The zero-order chi connectivity index (χ0) is 12.4. The summed E-state index contributed by atoms with van der Waals surface area (Å²) in [6.07, 6.45) is 1.45. The smallest absolute Gasteiger partial charge is 0.150 e. The Bertz CT molecular complexity index is 537. The summed E-state index contributed by atoms with van der Waals surface area (Å²) in [5, 5.41) is 2.55. The van der Waals surface area contributed by atoms with E-state index in [0.717, 1.165) is 12.1 Å². The summed E-state index contributed by atoms with van der Waals surface area (Å²) in [5.41, 5.74) is 5.74. The van der Waals surface area contributed by atoms with E-state index >= 15 is 0 Å². The monoisotopic (exact) mass is 299 g/mol. The first kappa shape index (κ1) is 11.8. The van der Waals surface area contributed by atoms with Crippen LogP contribution < -0.4 is 11.1 Å². The Morgan fingerprint density at radius 3 is 2.41 bits per heavy atom. The maximum Gasteiger partial charge on any atom is 0.150 e. The van der Waals surface area contributed by atoms with Crippen LogP contribution in [0, 0.1) is 11.6 Å². The van der Waals surface area contributed by atoms with Gasteiger partial charge in [0.25, 0.3) is 0 Å². The highest BCUT2D eigenvalue weighted by atomic mass is 79.9. The van der Waals surface area contributed by atoms with E-state index in [1.165, 1.54) is 12.3 Å². The lowest BCUT2D eigenvalue weighted by Gasteiger charge is -2.08. The van der Waals surface area contributed by atoms with Crippen molar-refractivity contribution < 1.29 is 8.78 Å². The minimum Gasteiger partial charge on any atom is -0.399 e. The standard InChI is InChI=1S/C11H8BrF2N3/c12-6-3-8(13)11(9(14)4-6)17-10-5-7(15)1-2-16-10/h1-5H,(H3,15,16,17). The molecule has 0 spiro atoms. The first-order valence-corrected chi connectivity index (χ1v) is 5.48. The average Bonchev–Trinajstić information content (AvgIpc) is 2.23. The van der Waals surface area contributed by atoms with E-state index in [0.29, 0.717) is 10.2 Å². The maximum absolute atomic E-state index is 13.5. The van der Waals surface area contributed by atoms with Gasteiger partial charge < -0.3 is 11.1 Å². The molecule has 0 saturated carbocycles. The molecule has 0 aliphatic heterocycles. The molecule has 1 aromatic heterocycles. The van der Waals surface area contributed by atoms with Crippen LogP contribution in [0.5, 0.6) is 0 Å². The summed E-state index contributed by atoms with van der Waals surface area (Å²) in [4.78, 5) is 3.90. The summed E-state index contributed by atoms with van der Waals surface area (Å²) in [6, 6.07) is 5.40. The van der Waals surface area contributed by atoms with Gasteiger partial charge in [-0.15, -0.1) is 0 Å². The highest BCUT2D eigenvalue weighted by Crippen LogP contribution is 2.26. The van der Waals surface area contributed by atoms with Gasteiger partial charge in [0.15, 0.2) is 11.6 Å². The Morgan fingerprint density at radius 1 is 1.18 bits per heavy atom. The fraction of sp³-hybridized carbons (Fsp3) is 0. The number of nitrogens with one attached hydrogen (secondary N) is 1. The van der Waals surface area contributed by atoms with Crippen LogP contribution in [0.3, 0.4) is 0 Å². The number of nitrogens with two attached hydrogens (primary N) is 1. The van der Waals surface area contributed by atoms with Crippen LogP contribution in [-0.2, 0) is 0 Å². The molecule has 88 valence electrons. The van der Waals surface area contributed by atoms with E-state index in [9.17, 15) is 8.78 Å². The molecule has 0 saturated heterocycles. The summed E-state index contributed by atoms with van der Waals surface area (Å²) in [6.45, 7) is 0. The van der Waals surface area contributed by atoms with Crippen molar-refractivity contribution in [2.24, 2.45) is 0 Å². The molecule has 17 heavy (non-hydrogen) atoms. The SMILES string of the molecule is Nc1ccnc(Nc2c(F)cc(Br)cc2F)c1. The molecule has 3 nitrogen and oxygen atoms in total. The van der Waals surface area contributed by atoms with Crippen LogP contribution in [0.25, 0.3) is 0 Å². The van der Waals surface area contributed by atoms with Crippen molar-refractivity contribution in [1.82, 2.24) is 4.98 Å². The molecule has 0 radical (unpaired) electrons. The summed E-state index contributed by atoms with van der Waals surface area (Å²) >= 11 is 3.00. The van der Waals surface area contributed by atoms with E-state index in [-0.39, 0.29) is 11.5 Å². The molecule has 3 N–H and O–H groups in total. The number of anilines is 3. The molecular weight excluding hydrogens is 292 g/mol. The molecule has 1 heterocycles. The zero-order valence-corrected chi connectivity index (χ0v) is 10.1. The van der Waals surface area contributed by atoms with E-state index in [1.54, 1.807) is 6.07 Å². The Kier molecular flexibility index (Phi) is 3.23. The molecule has 6 heteroatoms. The molecule has 1 aromatic carbocycles. The van der Waals surface area contributed by atoms with Gasteiger partial charge in [-0.3, -0.25) is 0 Å². The summed E-state index contributed by atoms with van der Waals surface area (Å²) in [5.74, 6) is -1.13. The van der Waals surface area contributed by atoms with Crippen molar-refractivity contribution in [3.8, 4) is 0 Å². The third-order valence-electron chi connectivity index (χ3n) is 2.04. The predicted molar refractivity (Wildman–Crippen MR) is 66.0 cm³/mol. The largest absolute Gasteiger partial charge is 0.399 e. The number of benzene rings is 1. The minimum atomic E-state index is -0.707. The van der Waals surface area contributed by atoms with Crippen molar-refractivity contribution in [3.05, 3.63) is 46.6 Å². The molecule has 0 fully saturated rings. The highest BCUT2D eigenvalue weighted by molar-refractivity contribution is 9.10. The van der Waals surface area contributed by atoms with Gasteiger partial charge in [-0.05, 0) is 18.2 Å². The topological polar surface area (TPSA) is 50.9 Å². The van der Waals surface area contributed by atoms with Crippen molar-refractivity contribution in [2.45, 2.75) is 0 Å². The van der Waals surface area contributed by atoms with Gasteiger partial charge in [-0.1, -0.05) is 15.9 Å². The number of halogens is 3. The molecule has 0 aliphatic rings. The minimum absolute atomic E-state index is 0.258. The molecule has 0 atom stereocenters. The van der Waals surface area contributed by atoms with Gasteiger partial charge in [0.05, 0.1) is 0 Å². The Hall–Kier alpha value is -1.69. The summed E-state index contributed by atoms with van der Waals surface area (Å²) in [7, 11) is 0. The lowest BCUT2D eigenvalue weighted by molar-refractivity contribution is 0.589. The molecule has 0 bridgehead atoms. The van der Waals surface area contributed by atoms with Crippen molar-refractivity contribution in [3.63, 3.8) is 0 Å². The van der Waals surface area contributed by atoms with Gasteiger partial charge >= 0.3 is 0 Å². The second-order valence-corrected chi connectivity index (χ2v) is 4.26. The maximum atomic E-state index is 13.5. The number of aromatic nitrogens is 1. The normalized spacial score (nSPS) is 10.3. The fourth-order valence-corrected chi connectivity index (χ4v) is 1.71. The second kappa shape index (κ2) is 4.67. The lowest BCUT2D eigenvalue weighted by Crippen LogP contribution is -2.00. The Balaban J connectivity index is 2.36. The van der Waals surface area contributed by atoms with Gasteiger partial charge in [0.1, 0.15) is 11.5 Å². The molecular formula is C11H8BrF2N3. The Labute approximate surface area is 105 Å². The average molecular weight is 300 g/mol. The first-order valence-electron chi connectivity index (χ1n) is 4.69. The van der Waals surface area contributed by atoms with Crippen LogP contribution >= 0.6 is 15.9 Å².